The fraction of sp³-hybridized carbons (Fsp3) is 0.588. The minimum Gasteiger partial charge on any atom is -0.497 e. The predicted octanol–water partition coefficient (Wildman–Crippen LogP) is 2.00. The van der Waals surface area contributed by atoms with Crippen LogP contribution in [0.1, 0.15) is 13.8 Å². The van der Waals surface area contributed by atoms with Gasteiger partial charge in [0.25, 0.3) is 0 Å². The van der Waals surface area contributed by atoms with Crippen LogP contribution >= 0.6 is 0 Å². The van der Waals surface area contributed by atoms with E-state index in [0.717, 1.165) is 7.11 Å². The summed E-state index contributed by atoms with van der Waals surface area (Å²) in [6.45, 7) is 2.57. The Morgan fingerprint density at radius 2 is 1.70 bits per heavy atom. The van der Waals surface area contributed by atoms with Crippen molar-refractivity contribution in [3.63, 3.8) is 0 Å². The molecular weight excluding hydrogens is 437 g/mol. The average Bonchev–Trinajstić information content (AvgIpc) is 2.97. The van der Waals surface area contributed by atoms with Gasteiger partial charge in [0.2, 0.25) is 6.10 Å². The zero-order chi connectivity index (χ0) is 22.7. The molecule has 1 aliphatic rings. The SMILES string of the molecule is COC(=O)[C@H](OS(=O)(=O)C(F)(F)F)[C@@H]1OC(C)(C)O[C@H]1COc1ccc(OC)cc1. The second-order valence-corrected chi connectivity index (χ2v) is 8.13. The van der Waals surface area contributed by atoms with Crippen molar-refractivity contribution in [3.05, 3.63) is 24.3 Å². The molecule has 9 nitrogen and oxygen atoms in total. The highest BCUT2D eigenvalue weighted by Gasteiger charge is 2.55. The minimum atomic E-state index is -6.12. The van der Waals surface area contributed by atoms with E-state index >= 15 is 0 Å². The number of carbonyl (C=O) groups excluding carboxylic acids is 1. The van der Waals surface area contributed by atoms with Crippen molar-refractivity contribution < 1.29 is 54.3 Å². The molecular formula is C17H21F3O9S. The van der Waals surface area contributed by atoms with Crippen molar-refractivity contribution in [2.75, 3.05) is 20.8 Å². The van der Waals surface area contributed by atoms with Crippen molar-refractivity contribution in [2.24, 2.45) is 0 Å². The Bertz CT molecular complexity index is 837. The normalized spacial score (nSPS) is 22.4. The topological polar surface area (TPSA) is 107 Å². The quantitative estimate of drug-likeness (QED) is 0.328. The highest BCUT2D eigenvalue weighted by molar-refractivity contribution is 7.87. The van der Waals surface area contributed by atoms with Crippen molar-refractivity contribution in [2.45, 2.75) is 43.5 Å². The summed E-state index contributed by atoms with van der Waals surface area (Å²) in [6, 6.07) is 6.35. The van der Waals surface area contributed by atoms with Crippen LogP contribution in [0.4, 0.5) is 13.2 Å². The molecule has 0 aromatic heterocycles. The maximum atomic E-state index is 12.8. The monoisotopic (exact) mass is 458 g/mol. The third-order valence-electron chi connectivity index (χ3n) is 3.94. The minimum absolute atomic E-state index is 0.288. The Balaban J connectivity index is 2.24. The Morgan fingerprint density at radius 3 is 2.20 bits per heavy atom. The molecule has 0 aliphatic carbocycles. The Morgan fingerprint density at radius 1 is 1.13 bits per heavy atom. The lowest BCUT2D eigenvalue weighted by atomic mass is 10.1. The van der Waals surface area contributed by atoms with Crippen LogP contribution in [-0.4, -0.2) is 64.8 Å². The third kappa shape index (κ3) is 5.74. The first-order valence-electron chi connectivity index (χ1n) is 8.49. The summed E-state index contributed by atoms with van der Waals surface area (Å²) in [4.78, 5) is 12.0. The fourth-order valence-electron chi connectivity index (χ4n) is 2.63. The van der Waals surface area contributed by atoms with E-state index in [0.29, 0.717) is 11.5 Å². The molecule has 1 heterocycles. The number of benzene rings is 1. The van der Waals surface area contributed by atoms with E-state index in [1.807, 2.05) is 0 Å². The van der Waals surface area contributed by atoms with Gasteiger partial charge in [0, 0.05) is 0 Å². The predicted molar refractivity (Wildman–Crippen MR) is 94.2 cm³/mol. The van der Waals surface area contributed by atoms with E-state index < -0.39 is 45.7 Å². The van der Waals surface area contributed by atoms with Crippen LogP contribution in [-0.2, 0) is 33.3 Å². The summed E-state index contributed by atoms with van der Waals surface area (Å²) < 4.78 is 91.3. The first-order chi connectivity index (χ1) is 13.8. The standard InChI is InChI=1S/C17H21F3O9S/c1-16(2)27-12(9-26-11-7-5-10(24-3)6-8-11)13(28-16)14(15(21)25-4)29-30(22,23)17(18,19)20/h5-8,12-14H,9H2,1-4H3/t12-,13+,14+/m0/s1. The summed E-state index contributed by atoms with van der Waals surface area (Å²) >= 11 is 0. The van der Waals surface area contributed by atoms with Crippen LogP contribution in [0.5, 0.6) is 11.5 Å². The van der Waals surface area contributed by atoms with Gasteiger partial charge in [-0.3, -0.25) is 0 Å². The number of ether oxygens (including phenoxy) is 5. The molecule has 1 aromatic carbocycles. The van der Waals surface area contributed by atoms with E-state index in [2.05, 4.69) is 8.92 Å². The molecule has 13 heteroatoms. The Labute approximate surface area is 171 Å². The molecule has 1 fully saturated rings. The van der Waals surface area contributed by atoms with Crippen molar-refractivity contribution in [1.29, 1.82) is 0 Å². The van der Waals surface area contributed by atoms with Crippen LogP contribution in [0, 0.1) is 0 Å². The second kappa shape index (κ2) is 8.96. The maximum Gasteiger partial charge on any atom is 0.523 e. The fourth-order valence-corrected chi connectivity index (χ4v) is 3.20. The molecule has 0 radical (unpaired) electrons. The molecule has 1 aromatic rings. The Hall–Kier alpha value is -2.09. The van der Waals surface area contributed by atoms with Gasteiger partial charge in [0.15, 0.2) is 5.79 Å². The molecule has 170 valence electrons. The van der Waals surface area contributed by atoms with Gasteiger partial charge in [0.1, 0.15) is 30.3 Å². The summed E-state index contributed by atoms with van der Waals surface area (Å²) in [6.07, 6.45) is -5.00. The first-order valence-corrected chi connectivity index (χ1v) is 9.90. The second-order valence-electron chi connectivity index (χ2n) is 6.56. The highest BCUT2D eigenvalue weighted by atomic mass is 32.2. The first kappa shape index (κ1) is 24.2. The molecule has 0 amide bonds. The molecule has 2 rings (SSSR count). The van der Waals surface area contributed by atoms with Gasteiger partial charge in [-0.15, -0.1) is 0 Å². The van der Waals surface area contributed by atoms with Gasteiger partial charge in [0.05, 0.1) is 14.2 Å². The van der Waals surface area contributed by atoms with Crippen molar-refractivity contribution in [3.8, 4) is 11.5 Å². The van der Waals surface area contributed by atoms with Gasteiger partial charge in [-0.2, -0.15) is 21.6 Å². The number of rotatable bonds is 8. The molecule has 0 bridgehead atoms. The zero-order valence-electron chi connectivity index (χ0n) is 16.5. The molecule has 1 aliphatic heterocycles. The highest BCUT2D eigenvalue weighted by Crippen LogP contribution is 2.34. The number of hydrogen-bond acceptors (Lipinski definition) is 9. The van der Waals surface area contributed by atoms with E-state index in [-0.39, 0.29) is 6.61 Å². The van der Waals surface area contributed by atoms with Crippen molar-refractivity contribution in [1.82, 2.24) is 0 Å². The largest absolute Gasteiger partial charge is 0.523 e. The molecule has 30 heavy (non-hydrogen) atoms. The summed E-state index contributed by atoms with van der Waals surface area (Å²) in [5.41, 5.74) is -5.75. The number of halogens is 3. The number of hydrogen-bond donors (Lipinski definition) is 0. The number of alkyl halides is 3. The molecule has 0 N–H and O–H groups in total. The van der Waals surface area contributed by atoms with Crippen LogP contribution in [0.25, 0.3) is 0 Å². The molecule has 0 unspecified atom stereocenters. The number of methoxy groups -OCH3 is 2. The lowest BCUT2D eigenvalue weighted by Crippen LogP contribution is -2.47. The maximum absolute atomic E-state index is 12.8. The molecule has 0 saturated carbocycles. The van der Waals surface area contributed by atoms with Crippen LogP contribution < -0.4 is 9.47 Å². The van der Waals surface area contributed by atoms with Gasteiger partial charge in [-0.25, -0.2) is 8.98 Å². The number of carbonyl (C=O) groups is 1. The van der Waals surface area contributed by atoms with Gasteiger partial charge >= 0.3 is 21.6 Å². The summed E-state index contributed by atoms with van der Waals surface area (Å²) in [5.74, 6) is -1.82. The third-order valence-corrected chi connectivity index (χ3v) is 4.97. The smallest absolute Gasteiger partial charge is 0.497 e. The lowest BCUT2D eigenvalue weighted by molar-refractivity contribution is -0.169. The van der Waals surface area contributed by atoms with Crippen LogP contribution in [0.3, 0.4) is 0 Å². The van der Waals surface area contributed by atoms with E-state index in [9.17, 15) is 26.4 Å². The van der Waals surface area contributed by atoms with E-state index in [1.54, 1.807) is 24.3 Å². The summed E-state index contributed by atoms with van der Waals surface area (Å²) in [5, 5.41) is 0. The van der Waals surface area contributed by atoms with E-state index in [4.69, 9.17) is 18.9 Å². The Kier molecular flexibility index (Phi) is 7.22. The molecule has 1 saturated heterocycles. The van der Waals surface area contributed by atoms with Gasteiger partial charge in [-0.1, -0.05) is 0 Å². The lowest BCUT2D eigenvalue weighted by Gasteiger charge is -2.24. The van der Waals surface area contributed by atoms with Gasteiger partial charge < -0.3 is 23.7 Å². The van der Waals surface area contributed by atoms with E-state index in [1.165, 1.54) is 21.0 Å². The van der Waals surface area contributed by atoms with Crippen LogP contribution in [0.15, 0.2) is 24.3 Å². The van der Waals surface area contributed by atoms with Crippen LogP contribution in [0.2, 0.25) is 0 Å². The summed E-state index contributed by atoms with van der Waals surface area (Å²) in [7, 11) is -3.77. The molecule has 3 atom stereocenters. The zero-order valence-corrected chi connectivity index (χ0v) is 17.3. The van der Waals surface area contributed by atoms with Crippen molar-refractivity contribution >= 4 is 16.1 Å². The van der Waals surface area contributed by atoms with Gasteiger partial charge in [-0.05, 0) is 38.1 Å². The number of esters is 1. The molecule has 0 spiro atoms. The average molecular weight is 458 g/mol.